The Bertz CT molecular complexity index is 256. The van der Waals surface area contributed by atoms with E-state index in [9.17, 15) is 9.59 Å². The molecule has 0 aromatic carbocycles. The fourth-order valence-corrected chi connectivity index (χ4v) is 1.37. The number of carbonyl (C=O) groups excluding carboxylic acids is 2. The highest BCUT2D eigenvalue weighted by Gasteiger charge is 2.09. The van der Waals surface area contributed by atoms with Crippen molar-refractivity contribution >= 4 is 11.9 Å². The van der Waals surface area contributed by atoms with E-state index in [1.807, 2.05) is 11.9 Å². The van der Waals surface area contributed by atoms with Gasteiger partial charge in [-0.05, 0) is 38.9 Å². The molecule has 0 rings (SSSR count). The number of nitrogens with zero attached hydrogens (tertiary/aromatic N) is 1. The van der Waals surface area contributed by atoms with E-state index in [4.69, 9.17) is 5.73 Å². The Morgan fingerprint density at radius 1 is 1.33 bits per heavy atom. The first-order chi connectivity index (χ1) is 8.45. The van der Waals surface area contributed by atoms with Gasteiger partial charge in [0.25, 0.3) is 0 Å². The van der Waals surface area contributed by atoms with Crippen LogP contribution in [0.2, 0.25) is 0 Å². The molecule has 0 aromatic rings. The van der Waals surface area contributed by atoms with Crippen LogP contribution in [0.15, 0.2) is 0 Å². The standard InChI is InChI=1S/C12H26N4O2/c1-10(2)5-7-14-12(18)15-11(17)9-16(3)8-4-6-13/h10H,4-9,13H2,1-3H3,(H2,14,15,17,18). The molecular weight excluding hydrogens is 232 g/mol. The van der Waals surface area contributed by atoms with E-state index in [1.54, 1.807) is 0 Å². The highest BCUT2D eigenvalue weighted by atomic mass is 16.2. The van der Waals surface area contributed by atoms with Gasteiger partial charge in [0.2, 0.25) is 5.91 Å². The number of nitrogens with two attached hydrogens (primary N) is 1. The van der Waals surface area contributed by atoms with Crippen molar-refractivity contribution in [3.05, 3.63) is 0 Å². The van der Waals surface area contributed by atoms with E-state index in [2.05, 4.69) is 24.5 Å². The maximum absolute atomic E-state index is 11.5. The van der Waals surface area contributed by atoms with Crippen molar-refractivity contribution in [1.29, 1.82) is 0 Å². The Morgan fingerprint density at radius 3 is 2.56 bits per heavy atom. The second-order valence-electron chi connectivity index (χ2n) is 4.87. The smallest absolute Gasteiger partial charge is 0.321 e. The van der Waals surface area contributed by atoms with Crippen LogP contribution < -0.4 is 16.4 Å². The largest absolute Gasteiger partial charge is 0.338 e. The first-order valence-electron chi connectivity index (χ1n) is 6.42. The van der Waals surface area contributed by atoms with Crippen LogP contribution in [0.1, 0.15) is 26.7 Å². The van der Waals surface area contributed by atoms with Gasteiger partial charge in [0.15, 0.2) is 0 Å². The van der Waals surface area contributed by atoms with Gasteiger partial charge in [-0.3, -0.25) is 15.0 Å². The van der Waals surface area contributed by atoms with Crippen LogP contribution in [0.4, 0.5) is 4.79 Å². The highest BCUT2D eigenvalue weighted by molar-refractivity contribution is 5.95. The van der Waals surface area contributed by atoms with Crippen LogP contribution in [0.5, 0.6) is 0 Å². The first-order valence-corrected chi connectivity index (χ1v) is 6.42. The van der Waals surface area contributed by atoms with Gasteiger partial charge < -0.3 is 11.1 Å². The van der Waals surface area contributed by atoms with E-state index in [0.29, 0.717) is 19.0 Å². The number of rotatable bonds is 8. The lowest BCUT2D eigenvalue weighted by Crippen LogP contribution is -2.44. The van der Waals surface area contributed by atoms with Gasteiger partial charge in [-0.2, -0.15) is 0 Å². The summed E-state index contributed by atoms with van der Waals surface area (Å²) in [6, 6.07) is -0.423. The molecule has 0 atom stereocenters. The van der Waals surface area contributed by atoms with Crippen LogP contribution in [0.3, 0.4) is 0 Å². The lowest BCUT2D eigenvalue weighted by Gasteiger charge is -2.15. The van der Waals surface area contributed by atoms with Gasteiger partial charge in [0.05, 0.1) is 6.54 Å². The number of carbonyl (C=O) groups is 2. The highest BCUT2D eigenvalue weighted by Crippen LogP contribution is 1.95. The summed E-state index contributed by atoms with van der Waals surface area (Å²) in [6.45, 7) is 6.30. The zero-order valence-electron chi connectivity index (χ0n) is 11.7. The van der Waals surface area contributed by atoms with E-state index in [0.717, 1.165) is 19.4 Å². The fraction of sp³-hybridized carbons (Fsp3) is 0.833. The molecule has 0 radical (unpaired) electrons. The van der Waals surface area contributed by atoms with Crippen LogP contribution in [-0.2, 0) is 4.79 Å². The number of urea groups is 1. The predicted molar refractivity (Wildman–Crippen MR) is 72.2 cm³/mol. The van der Waals surface area contributed by atoms with Crippen molar-refractivity contribution in [3.63, 3.8) is 0 Å². The minimum Gasteiger partial charge on any atom is -0.338 e. The maximum Gasteiger partial charge on any atom is 0.321 e. The normalized spacial score (nSPS) is 10.8. The molecule has 4 N–H and O–H groups in total. The number of likely N-dealkylation sites (N-methyl/N-ethyl adjacent to an activating group) is 1. The molecule has 18 heavy (non-hydrogen) atoms. The zero-order chi connectivity index (χ0) is 14.0. The van der Waals surface area contributed by atoms with Crippen molar-refractivity contribution < 1.29 is 9.59 Å². The van der Waals surface area contributed by atoms with Crippen LogP contribution in [0.25, 0.3) is 0 Å². The molecule has 0 aromatic heterocycles. The molecule has 0 aliphatic carbocycles. The summed E-state index contributed by atoms with van der Waals surface area (Å²) in [4.78, 5) is 24.7. The number of hydrogen-bond donors (Lipinski definition) is 3. The quantitative estimate of drug-likeness (QED) is 0.578. The molecule has 106 valence electrons. The molecule has 3 amide bonds. The Hall–Kier alpha value is -1.14. The lowest BCUT2D eigenvalue weighted by molar-refractivity contribution is -0.120. The summed E-state index contributed by atoms with van der Waals surface area (Å²) in [6.07, 6.45) is 1.74. The van der Waals surface area contributed by atoms with Gasteiger partial charge in [0, 0.05) is 6.54 Å². The average molecular weight is 258 g/mol. The van der Waals surface area contributed by atoms with Crippen molar-refractivity contribution in [2.24, 2.45) is 11.7 Å². The molecule has 0 unspecified atom stereocenters. The third-order valence-corrected chi connectivity index (χ3v) is 2.42. The second-order valence-corrected chi connectivity index (χ2v) is 4.87. The monoisotopic (exact) mass is 258 g/mol. The predicted octanol–water partition coefficient (Wildman–Crippen LogP) is 0.139. The Balaban J connectivity index is 3.70. The molecule has 0 spiro atoms. The van der Waals surface area contributed by atoms with E-state index in [1.165, 1.54) is 0 Å². The molecule has 0 aliphatic heterocycles. The van der Waals surface area contributed by atoms with Gasteiger partial charge in [-0.25, -0.2) is 4.79 Å². The SMILES string of the molecule is CC(C)CCNC(=O)NC(=O)CN(C)CCCN. The zero-order valence-corrected chi connectivity index (χ0v) is 11.7. The minimum absolute atomic E-state index is 0.206. The fourth-order valence-electron chi connectivity index (χ4n) is 1.37. The number of imide groups is 1. The molecule has 6 nitrogen and oxygen atoms in total. The third kappa shape index (κ3) is 10.0. The van der Waals surface area contributed by atoms with Gasteiger partial charge >= 0.3 is 6.03 Å². The molecule has 0 aliphatic rings. The number of hydrogen-bond acceptors (Lipinski definition) is 4. The summed E-state index contributed by atoms with van der Waals surface area (Å²) in [5.74, 6) is 0.236. The summed E-state index contributed by atoms with van der Waals surface area (Å²) in [5.41, 5.74) is 5.38. The Labute approximate surface area is 109 Å². The van der Waals surface area contributed by atoms with Crippen LogP contribution in [0, 0.1) is 5.92 Å². The number of amides is 3. The van der Waals surface area contributed by atoms with Crippen molar-refractivity contribution in [3.8, 4) is 0 Å². The molecule has 6 heteroatoms. The molecule has 0 heterocycles. The van der Waals surface area contributed by atoms with Gasteiger partial charge in [-0.1, -0.05) is 13.8 Å². The van der Waals surface area contributed by atoms with E-state index < -0.39 is 6.03 Å². The van der Waals surface area contributed by atoms with Crippen molar-refractivity contribution in [1.82, 2.24) is 15.5 Å². The summed E-state index contributed by atoms with van der Waals surface area (Å²) >= 11 is 0. The Kier molecular flexibility index (Phi) is 9.22. The van der Waals surface area contributed by atoms with Gasteiger partial charge in [-0.15, -0.1) is 0 Å². The summed E-state index contributed by atoms with van der Waals surface area (Å²) in [5, 5.41) is 4.95. The second kappa shape index (κ2) is 9.85. The van der Waals surface area contributed by atoms with Crippen LogP contribution in [-0.4, -0.2) is 50.1 Å². The lowest BCUT2D eigenvalue weighted by atomic mass is 10.1. The van der Waals surface area contributed by atoms with Crippen LogP contribution >= 0.6 is 0 Å². The van der Waals surface area contributed by atoms with E-state index in [-0.39, 0.29) is 12.5 Å². The van der Waals surface area contributed by atoms with Crippen molar-refractivity contribution in [2.45, 2.75) is 26.7 Å². The molecule has 0 fully saturated rings. The third-order valence-electron chi connectivity index (χ3n) is 2.42. The van der Waals surface area contributed by atoms with Crippen molar-refractivity contribution in [2.75, 3.05) is 33.2 Å². The minimum atomic E-state index is -0.423. The molecular formula is C12H26N4O2. The van der Waals surface area contributed by atoms with Gasteiger partial charge in [0.1, 0.15) is 0 Å². The summed E-state index contributed by atoms with van der Waals surface area (Å²) < 4.78 is 0. The summed E-state index contributed by atoms with van der Waals surface area (Å²) in [7, 11) is 1.83. The molecule has 0 saturated heterocycles. The first kappa shape index (κ1) is 16.9. The molecule has 0 bridgehead atoms. The number of nitrogens with one attached hydrogen (secondary N) is 2. The Morgan fingerprint density at radius 2 is 2.00 bits per heavy atom. The maximum atomic E-state index is 11.5. The topological polar surface area (TPSA) is 87.5 Å². The van der Waals surface area contributed by atoms with E-state index >= 15 is 0 Å². The molecule has 0 saturated carbocycles. The average Bonchev–Trinajstić information content (AvgIpc) is 2.25.